The van der Waals surface area contributed by atoms with E-state index >= 15 is 0 Å². The van der Waals surface area contributed by atoms with E-state index in [-0.39, 0.29) is 29.9 Å². The quantitative estimate of drug-likeness (QED) is 0.117. The first-order valence-electron chi connectivity index (χ1n) is 19.3. The molecule has 0 bridgehead atoms. The van der Waals surface area contributed by atoms with Crippen molar-refractivity contribution in [3.63, 3.8) is 0 Å². The van der Waals surface area contributed by atoms with Crippen LogP contribution in [0.4, 0.5) is 4.79 Å². The number of nitrogens with two attached hydrogens (primary N) is 1. The summed E-state index contributed by atoms with van der Waals surface area (Å²) in [6.45, 7) is 3.91. The van der Waals surface area contributed by atoms with E-state index in [0.29, 0.717) is 45.7 Å². The number of carbonyl (C=O) groups excluding carboxylic acids is 3. The smallest absolute Gasteiger partial charge is 0.405 e. The van der Waals surface area contributed by atoms with Crippen molar-refractivity contribution < 1.29 is 28.6 Å². The van der Waals surface area contributed by atoms with Gasteiger partial charge >= 0.3 is 6.09 Å². The molecule has 3 amide bonds. The van der Waals surface area contributed by atoms with Gasteiger partial charge in [0.2, 0.25) is 11.8 Å². The monoisotopic (exact) mass is 752 g/mol. The minimum Gasteiger partial charge on any atom is -0.443 e. The van der Waals surface area contributed by atoms with Gasteiger partial charge in [0, 0.05) is 33.9 Å². The van der Waals surface area contributed by atoms with Crippen LogP contribution in [0.25, 0.3) is 33.6 Å². The third kappa shape index (κ3) is 8.17. The summed E-state index contributed by atoms with van der Waals surface area (Å²) in [5, 5.41) is 3.19. The molecule has 2 aromatic carbocycles. The third-order valence-electron chi connectivity index (χ3n) is 11.5. The lowest BCUT2D eigenvalue weighted by atomic mass is 9.91. The number of imidazole rings is 2. The predicted octanol–water partition coefficient (Wildman–Crippen LogP) is 5.71. The Morgan fingerprint density at radius 2 is 1.36 bits per heavy atom. The number of primary amides is 1. The summed E-state index contributed by atoms with van der Waals surface area (Å²) in [6, 6.07) is 16.0. The molecule has 5 N–H and O–H groups in total. The van der Waals surface area contributed by atoms with Gasteiger partial charge in [0.1, 0.15) is 17.2 Å². The molecule has 1 saturated carbocycles. The second kappa shape index (κ2) is 16.8. The normalized spacial score (nSPS) is 23.0. The molecule has 14 nitrogen and oxygen atoms in total. The summed E-state index contributed by atoms with van der Waals surface area (Å²) < 4.78 is 15.9. The molecule has 4 aromatic rings. The molecule has 2 aliphatic heterocycles. The summed E-state index contributed by atoms with van der Waals surface area (Å²) in [5.74, 6) is 1.17. The van der Waals surface area contributed by atoms with Crippen molar-refractivity contribution in [2.45, 2.75) is 82.0 Å². The van der Waals surface area contributed by atoms with Crippen molar-refractivity contribution in [3.8, 4) is 33.6 Å². The Labute approximate surface area is 321 Å². The maximum absolute atomic E-state index is 13.8. The molecule has 14 heteroatoms. The largest absolute Gasteiger partial charge is 0.443 e. The highest BCUT2D eigenvalue weighted by molar-refractivity contribution is 5.83. The molecule has 0 spiro atoms. The fourth-order valence-electron chi connectivity index (χ4n) is 8.63. The minimum atomic E-state index is -0.882. The fraction of sp³-hybridized carbons (Fsp3) is 0.488. The first-order valence-corrected chi connectivity index (χ1v) is 19.3. The third-order valence-corrected chi connectivity index (χ3v) is 11.5. The number of ether oxygens (including phenoxy) is 3. The van der Waals surface area contributed by atoms with Gasteiger partial charge < -0.3 is 39.7 Å². The van der Waals surface area contributed by atoms with Crippen molar-refractivity contribution >= 4 is 17.9 Å². The van der Waals surface area contributed by atoms with Gasteiger partial charge in [-0.25, -0.2) is 14.8 Å². The Balaban J connectivity index is 0.990. The molecule has 3 aliphatic rings. The highest BCUT2D eigenvalue weighted by Gasteiger charge is 2.49. The summed E-state index contributed by atoms with van der Waals surface area (Å²) in [7, 11) is 3.24. The van der Waals surface area contributed by atoms with E-state index in [1.165, 1.54) is 0 Å². The number of carbonyl (C=O) groups is 3. The van der Waals surface area contributed by atoms with Gasteiger partial charge in [0.25, 0.3) is 0 Å². The molecule has 2 saturated heterocycles. The van der Waals surface area contributed by atoms with Gasteiger partial charge in [0.15, 0.2) is 0 Å². The van der Waals surface area contributed by atoms with Crippen LogP contribution in [0, 0.1) is 5.92 Å². The van der Waals surface area contributed by atoms with E-state index < -0.39 is 17.6 Å². The predicted molar refractivity (Wildman–Crippen MR) is 206 cm³/mol. The minimum absolute atomic E-state index is 0.00344. The number of hydrogen-bond acceptors (Lipinski definition) is 9. The molecule has 292 valence electrons. The number of hydrogen-bond donors (Lipinski definition) is 4. The second-order valence-corrected chi connectivity index (χ2v) is 15.0. The van der Waals surface area contributed by atoms with E-state index in [2.05, 4.69) is 63.8 Å². The van der Waals surface area contributed by atoms with E-state index in [9.17, 15) is 14.4 Å². The lowest BCUT2D eigenvalue weighted by Gasteiger charge is -2.34. The van der Waals surface area contributed by atoms with E-state index in [0.717, 1.165) is 77.4 Å². The SMILES string of the molecule is COCC[C@H](NCOC)C(=O)N1CCCC1c1ncc(-c2ccc(-c3ccc(-c4cnc(C5CCCN5C(=O)[C@H]5CCC[C@]5(C)OC(N)=O)[nH]4)cc3)cc2)[nH]1. The van der Waals surface area contributed by atoms with Crippen LogP contribution in [-0.4, -0.2) is 99.9 Å². The van der Waals surface area contributed by atoms with Crippen LogP contribution in [0.5, 0.6) is 0 Å². The van der Waals surface area contributed by atoms with E-state index in [4.69, 9.17) is 29.9 Å². The number of H-pyrrole nitrogens is 2. The molecule has 0 radical (unpaired) electrons. The highest BCUT2D eigenvalue weighted by Crippen LogP contribution is 2.43. The lowest BCUT2D eigenvalue weighted by molar-refractivity contribution is -0.143. The Kier molecular flexibility index (Phi) is 11.6. The van der Waals surface area contributed by atoms with Gasteiger partial charge in [-0.2, -0.15) is 0 Å². The number of methoxy groups -OCH3 is 2. The number of nitrogens with one attached hydrogen (secondary N) is 3. The van der Waals surface area contributed by atoms with Gasteiger partial charge in [-0.15, -0.1) is 0 Å². The zero-order valence-electron chi connectivity index (χ0n) is 31.9. The number of aromatic nitrogens is 4. The Hall–Kier alpha value is -5.05. The van der Waals surface area contributed by atoms with Crippen LogP contribution in [0.2, 0.25) is 0 Å². The number of likely N-dealkylation sites (tertiary alicyclic amines) is 2. The molecular weight excluding hydrogens is 701 g/mol. The molecule has 55 heavy (non-hydrogen) atoms. The summed E-state index contributed by atoms with van der Waals surface area (Å²) in [6.07, 6.45) is 8.95. The lowest BCUT2D eigenvalue weighted by Crippen LogP contribution is -2.47. The number of aromatic amines is 2. The van der Waals surface area contributed by atoms with Crippen molar-refractivity contribution in [1.82, 2.24) is 35.1 Å². The molecule has 4 heterocycles. The number of amides is 3. The van der Waals surface area contributed by atoms with Gasteiger partial charge in [-0.1, -0.05) is 48.5 Å². The topological polar surface area (TPSA) is 181 Å². The molecule has 3 fully saturated rings. The molecule has 1 aliphatic carbocycles. The zero-order chi connectivity index (χ0) is 38.5. The van der Waals surface area contributed by atoms with Crippen LogP contribution in [0.1, 0.15) is 82.0 Å². The number of rotatable bonds is 14. The first kappa shape index (κ1) is 38.2. The standard InChI is InChI=1S/C41H52N8O6/c1-41(55-40(42)52)19-4-7-30(41)38(50)48-20-5-8-34(48)36-43-23-32(46-36)28-14-10-26(11-15-28)27-12-16-29(17-13-27)33-24-44-37(47-33)35-9-6-21-49(35)39(51)31(18-22-53-2)45-25-54-3/h10-17,23-24,30-31,34-35,45H,4-9,18-22,25H2,1-3H3,(H2,42,52)(H,43,46)(H,44,47)/t30-,31+,34?,35?,41+/m1/s1. The zero-order valence-corrected chi connectivity index (χ0v) is 31.9. The molecule has 2 unspecified atom stereocenters. The van der Waals surface area contributed by atoms with E-state index in [1.807, 2.05) is 29.1 Å². The average molecular weight is 753 g/mol. The van der Waals surface area contributed by atoms with Crippen LogP contribution in [0.15, 0.2) is 60.9 Å². The summed E-state index contributed by atoms with van der Waals surface area (Å²) in [5.41, 5.74) is 10.4. The molecule has 2 aromatic heterocycles. The van der Waals surface area contributed by atoms with Gasteiger partial charge in [0.05, 0.1) is 54.6 Å². The van der Waals surface area contributed by atoms with Crippen molar-refractivity contribution in [1.29, 1.82) is 0 Å². The average Bonchev–Trinajstić information content (AvgIpc) is 4.04. The van der Waals surface area contributed by atoms with Gasteiger partial charge in [-0.3, -0.25) is 14.9 Å². The highest BCUT2D eigenvalue weighted by atomic mass is 16.6. The van der Waals surface area contributed by atoms with Crippen LogP contribution < -0.4 is 11.1 Å². The summed E-state index contributed by atoms with van der Waals surface area (Å²) >= 11 is 0. The van der Waals surface area contributed by atoms with Crippen LogP contribution in [0.3, 0.4) is 0 Å². The molecule has 7 rings (SSSR count). The first-order chi connectivity index (χ1) is 26.7. The van der Waals surface area contributed by atoms with Crippen LogP contribution in [-0.2, 0) is 23.8 Å². The number of benzene rings is 2. The maximum atomic E-state index is 13.8. The summed E-state index contributed by atoms with van der Waals surface area (Å²) in [4.78, 5) is 59.1. The van der Waals surface area contributed by atoms with Crippen molar-refractivity contribution in [2.24, 2.45) is 11.7 Å². The Bertz CT molecular complexity index is 1940. The maximum Gasteiger partial charge on any atom is 0.405 e. The fourth-order valence-corrected chi connectivity index (χ4v) is 8.63. The molecule has 5 atom stereocenters. The Morgan fingerprint density at radius 3 is 1.91 bits per heavy atom. The van der Waals surface area contributed by atoms with Crippen molar-refractivity contribution in [2.75, 3.05) is 40.6 Å². The van der Waals surface area contributed by atoms with Crippen LogP contribution >= 0.6 is 0 Å². The number of nitrogens with zero attached hydrogens (tertiary/aromatic N) is 4. The van der Waals surface area contributed by atoms with Gasteiger partial charge in [-0.05, 0) is 80.5 Å². The second-order valence-electron chi connectivity index (χ2n) is 15.0. The van der Waals surface area contributed by atoms with Crippen molar-refractivity contribution in [3.05, 3.63) is 72.6 Å². The Morgan fingerprint density at radius 1 is 0.818 bits per heavy atom. The molecular formula is C41H52N8O6. The van der Waals surface area contributed by atoms with E-state index in [1.54, 1.807) is 14.2 Å².